The highest BCUT2D eigenvalue weighted by Gasteiger charge is 2.11. The molecule has 1 nitrogen and oxygen atoms in total. The van der Waals surface area contributed by atoms with Gasteiger partial charge in [0.25, 0.3) is 0 Å². The highest BCUT2D eigenvalue weighted by atomic mass is 14.8. The molecule has 1 unspecified atom stereocenters. The minimum Gasteiger partial charge on any atom is -0.320 e. The van der Waals surface area contributed by atoms with E-state index in [1.54, 1.807) is 0 Å². The van der Waals surface area contributed by atoms with E-state index < -0.39 is 0 Å². The molecule has 0 aliphatic carbocycles. The quantitative estimate of drug-likeness (QED) is 0.729. The second kappa shape index (κ2) is 7.86. The topological polar surface area (TPSA) is 12.0 Å². The lowest BCUT2D eigenvalue weighted by Crippen LogP contribution is -2.13. The van der Waals surface area contributed by atoms with Crippen molar-refractivity contribution < 1.29 is 0 Å². The van der Waals surface area contributed by atoms with Crippen molar-refractivity contribution >= 4 is 0 Å². The summed E-state index contributed by atoms with van der Waals surface area (Å²) in [4.78, 5) is 0. The van der Waals surface area contributed by atoms with Gasteiger partial charge >= 0.3 is 0 Å². The molecule has 0 radical (unpaired) electrons. The Morgan fingerprint density at radius 2 is 2.00 bits per heavy atom. The molecule has 1 atom stereocenters. The maximum absolute atomic E-state index is 3.23. The van der Waals surface area contributed by atoms with Gasteiger partial charge in [-0.05, 0) is 39.4 Å². The van der Waals surface area contributed by atoms with Crippen molar-refractivity contribution in [3.05, 3.63) is 59.7 Å². The van der Waals surface area contributed by atoms with Crippen LogP contribution in [-0.4, -0.2) is 13.6 Å². The van der Waals surface area contributed by atoms with E-state index in [9.17, 15) is 0 Å². The second-order valence-electron chi connectivity index (χ2n) is 4.29. The monoisotopic (exact) mass is 229 g/mol. The predicted octanol–water partition coefficient (Wildman–Crippen LogP) is 3.90. The summed E-state index contributed by atoms with van der Waals surface area (Å²) < 4.78 is 0. The van der Waals surface area contributed by atoms with Gasteiger partial charge in [-0.3, -0.25) is 0 Å². The molecule has 0 spiro atoms. The summed E-state index contributed by atoms with van der Waals surface area (Å²) in [6.45, 7) is 5.31. The Morgan fingerprint density at radius 3 is 2.59 bits per heavy atom. The van der Waals surface area contributed by atoms with Gasteiger partial charge in [0, 0.05) is 5.92 Å². The maximum Gasteiger partial charge on any atom is 0.00605 e. The molecule has 92 valence electrons. The van der Waals surface area contributed by atoms with Gasteiger partial charge in [-0.15, -0.1) is 0 Å². The van der Waals surface area contributed by atoms with Gasteiger partial charge in [0.05, 0.1) is 0 Å². The number of nitrogens with one attached hydrogen (secondary N) is 1. The van der Waals surface area contributed by atoms with Crippen LogP contribution in [0, 0.1) is 0 Å². The van der Waals surface area contributed by atoms with Gasteiger partial charge in [-0.2, -0.15) is 0 Å². The Kier molecular flexibility index (Phi) is 6.34. The first-order chi connectivity index (χ1) is 8.29. The average Bonchev–Trinajstić information content (AvgIpc) is 2.38. The molecule has 0 amide bonds. The van der Waals surface area contributed by atoms with E-state index in [1.807, 2.05) is 7.05 Å². The van der Waals surface area contributed by atoms with Crippen molar-refractivity contribution in [2.24, 2.45) is 0 Å². The van der Waals surface area contributed by atoms with E-state index in [4.69, 9.17) is 0 Å². The van der Waals surface area contributed by atoms with Gasteiger partial charge in [-0.25, -0.2) is 0 Å². The number of hydrogen-bond acceptors (Lipinski definition) is 1. The molecule has 0 aromatic heterocycles. The summed E-state index contributed by atoms with van der Waals surface area (Å²) in [6, 6.07) is 10.7. The van der Waals surface area contributed by atoms with Crippen LogP contribution < -0.4 is 5.32 Å². The van der Waals surface area contributed by atoms with Crippen molar-refractivity contribution in [2.75, 3.05) is 13.6 Å². The molecular weight excluding hydrogens is 206 g/mol. The Bertz CT molecular complexity index is 362. The van der Waals surface area contributed by atoms with Gasteiger partial charge in [0.2, 0.25) is 0 Å². The number of rotatable bonds is 6. The molecule has 1 aromatic carbocycles. The average molecular weight is 229 g/mol. The number of hydrogen-bond donors (Lipinski definition) is 1. The van der Waals surface area contributed by atoms with Crippen molar-refractivity contribution in [1.82, 2.24) is 5.32 Å². The first-order valence-corrected chi connectivity index (χ1v) is 6.28. The first-order valence-electron chi connectivity index (χ1n) is 6.28. The summed E-state index contributed by atoms with van der Waals surface area (Å²) in [5.41, 5.74) is 2.82. The van der Waals surface area contributed by atoms with Crippen molar-refractivity contribution in [3.63, 3.8) is 0 Å². The van der Waals surface area contributed by atoms with Crippen LogP contribution in [0.25, 0.3) is 0 Å². The molecule has 0 aliphatic heterocycles. The molecule has 1 heteroatoms. The van der Waals surface area contributed by atoms with Crippen molar-refractivity contribution in [1.29, 1.82) is 0 Å². The molecule has 0 saturated heterocycles. The van der Waals surface area contributed by atoms with Crippen molar-refractivity contribution in [2.45, 2.75) is 26.2 Å². The molecule has 0 heterocycles. The molecule has 0 fully saturated rings. The lowest BCUT2D eigenvalue weighted by atomic mass is 9.89. The number of benzene rings is 1. The molecule has 0 aliphatic rings. The van der Waals surface area contributed by atoms with Gasteiger partial charge in [0.1, 0.15) is 0 Å². The Balaban J connectivity index is 2.87. The highest BCUT2D eigenvalue weighted by Crippen LogP contribution is 2.27. The molecule has 1 rings (SSSR count). The van der Waals surface area contributed by atoms with Crippen LogP contribution in [0.3, 0.4) is 0 Å². The van der Waals surface area contributed by atoms with E-state index in [-0.39, 0.29) is 0 Å². The molecule has 1 aromatic rings. The minimum absolute atomic E-state index is 0.514. The van der Waals surface area contributed by atoms with Crippen LogP contribution in [0.5, 0.6) is 0 Å². The second-order valence-corrected chi connectivity index (χ2v) is 4.29. The van der Waals surface area contributed by atoms with E-state index in [0.29, 0.717) is 5.92 Å². The van der Waals surface area contributed by atoms with Crippen LogP contribution in [-0.2, 0) is 0 Å². The highest BCUT2D eigenvalue weighted by molar-refractivity contribution is 5.29. The smallest absolute Gasteiger partial charge is 0.00605 e. The molecule has 1 N–H and O–H groups in total. The fourth-order valence-electron chi connectivity index (χ4n) is 2.00. The summed E-state index contributed by atoms with van der Waals surface area (Å²) >= 11 is 0. The lowest BCUT2D eigenvalue weighted by Gasteiger charge is -2.18. The van der Waals surface area contributed by atoms with E-state index in [2.05, 4.69) is 67.7 Å². The van der Waals surface area contributed by atoms with E-state index >= 15 is 0 Å². The van der Waals surface area contributed by atoms with Crippen LogP contribution in [0.4, 0.5) is 0 Å². The standard InChI is InChI=1S/C16H23N/c1-4-5-9-14(2)16(12-13-17-3)15-10-7-6-8-11-15/h4-11,16-17H,12-13H2,1-3H3/b5-4-,14-9+. The SMILES string of the molecule is C/C=C\C=C(/C)C(CCNC)c1ccccc1. The lowest BCUT2D eigenvalue weighted by molar-refractivity contribution is 0.653. The molecule has 0 bridgehead atoms. The fourth-order valence-corrected chi connectivity index (χ4v) is 2.00. The molecule has 17 heavy (non-hydrogen) atoms. The van der Waals surface area contributed by atoms with Crippen molar-refractivity contribution in [3.8, 4) is 0 Å². The molecular formula is C16H23N. The fraction of sp³-hybridized carbons (Fsp3) is 0.375. The zero-order valence-corrected chi connectivity index (χ0v) is 11.1. The normalized spacial score (nSPS) is 14.2. The minimum atomic E-state index is 0.514. The maximum atomic E-state index is 3.23. The van der Waals surface area contributed by atoms with Crippen LogP contribution in [0.1, 0.15) is 31.7 Å². The van der Waals surface area contributed by atoms with Gasteiger partial charge in [-0.1, -0.05) is 54.1 Å². The van der Waals surface area contributed by atoms with Crippen LogP contribution >= 0.6 is 0 Å². The zero-order valence-electron chi connectivity index (χ0n) is 11.1. The summed E-state index contributed by atoms with van der Waals surface area (Å²) in [6.07, 6.45) is 7.54. The molecule has 0 saturated carbocycles. The van der Waals surface area contributed by atoms with Gasteiger partial charge in [0.15, 0.2) is 0 Å². The third-order valence-corrected chi connectivity index (χ3v) is 2.99. The first kappa shape index (κ1) is 13.7. The summed E-state index contributed by atoms with van der Waals surface area (Å²) in [5.74, 6) is 0.514. The Labute approximate surface area is 105 Å². The van der Waals surface area contributed by atoms with E-state index in [0.717, 1.165) is 13.0 Å². The number of allylic oxidation sites excluding steroid dienone is 4. The van der Waals surface area contributed by atoms with Crippen LogP contribution in [0.2, 0.25) is 0 Å². The summed E-state index contributed by atoms with van der Waals surface area (Å²) in [7, 11) is 2.01. The Morgan fingerprint density at radius 1 is 1.29 bits per heavy atom. The zero-order chi connectivity index (χ0) is 12.5. The third kappa shape index (κ3) is 4.58. The van der Waals surface area contributed by atoms with Gasteiger partial charge < -0.3 is 5.32 Å². The van der Waals surface area contributed by atoms with Crippen LogP contribution in [0.15, 0.2) is 54.1 Å². The third-order valence-electron chi connectivity index (χ3n) is 2.99. The Hall–Kier alpha value is -1.34. The summed E-state index contributed by atoms with van der Waals surface area (Å²) in [5, 5.41) is 3.23. The van der Waals surface area contributed by atoms with E-state index in [1.165, 1.54) is 11.1 Å². The largest absolute Gasteiger partial charge is 0.320 e. The predicted molar refractivity (Wildman–Crippen MR) is 76.3 cm³/mol.